The summed E-state index contributed by atoms with van der Waals surface area (Å²) in [7, 11) is 0. The molecular weight excluding hydrogens is 151 g/mol. The molecule has 0 saturated heterocycles. The molecule has 0 nitrogen and oxygen atoms in total. The highest BCUT2D eigenvalue weighted by molar-refractivity contribution is 5.20. The Bertz CT molecular complexity index is 242. The molecule has 0 radical (unpaired) electrons. The summed E-state index contributed by atoms with van der Waals surface area (Å²) in [5, 5.41) is 0. The van der Waals surface area contributed by atoms with Crippen LogP contribution in [-0.4, -0.2) is 6.17 Å². The Morgan fingerprint density at radius 3 is 2.42 bits per heavy atom. The Hall–Kier alpha value is -0.850. The van der Waals surface area contributed by atoms with Crippen LogP contribution in [0.15, 0.2) is 30.3 Å². The van der Waals surface area contributed by atoms with E-state index in [1.165, 1.54) is 5.56 Å². The average molecular weight is 164 g/mol. The van der Waals surface area contributed by atoms with Crippen LogP contribution in [-0.2, 0) is 0 Å². The van der Waals surface area contributed by atoms with Gasteiger partial charge in [-0.2, -0.15) is 0 Å². The molecule has 1 aliphatic carbocycles. The van der Waals surface area contributed by atoms with Crippen LogP contribution in [0, 0.1) is 0 Å². The largest absolute Gasteiger partial charge is 0.247 e. The fourth-order valence-corrected chi connectivity index (χ4v) is 1.95. The SMILES string of the molecule is FC1CCC(c2ccccc2)C1. The van der Waals surface area contributed by atoms with Gasteiger partial charge in [-0.1, -0.05) is 30.3 Å². The zero-order valence-electron chi connectivity index (χ0n) is 7.04. The lowest BCUT2D eigenvalue weighted by Gasteiger charge is -2.07. The summed E-state index contributed by atoms with van der Waals surface area (Å²) >= 11 is 0. The second kappa shape index (κ2) is 3.26. The van der Waals surface area contributed by atoms with Crippen LogP contribution in [0.25, 0.3) is 0 Å². The van der Waals surface area contributed by atoms with E-state index in [-0.39, 0.29) is 0 Å². The van der Waals surface area contributed by atoms with Crippen molar-refractivity contribution >= 4 is 0 Å². The second-order valence-electron chi connectivity index (χ2n) is 3.52. The predicted molar refractivity (Wildman–Crippen MR) is 47.9 cm³/mol. The highest BCUT2D eigenvalue weighted by Gasteiger charge is 2.24. The van der Waals surface area contributed by atoms with E-state index in [2.05, 4.69) is 12.1 Å². The Balaban J connectivity index is 2.11. The molecule has 0 bridgehead atoms. The van der Waals surface area contributed by atoms with Gasteiger partial charge in [-0.15, -0.1) is 0 Å². The molecule has 12 heavy (non-hydrogen) atoms. The van der Waals surface area contributed by atoms with Crippen molar-refractivity contribution in [3.05, 3.63) is 35.9 Å². The second-order valence-corrected chi connectivity index (χ2v) is 3.52. The molecule has 2 atom stereocenters. The van der Waals surface area contributed by atoms with Crippen molar-refractivity contribution in [1.29, 1.82) is 0 Å². The first-order valence-electron chi connectivity index (χ1n) is 4.55. The fourth-order valence-electron chi connectivity index (χ4n) is 1.95. The predicted octanol–water partition coefficient (Wildman–Crippen LogP) is 3.29. The molecule has 0 aliphatic heterocycles. The van der Waals surface area contributed by atoms with Crippen molar-refractivity contribution in [2.45, 2.75) is 31.4 Å². The van der Waals surface area contributed by atoms with E-state index >= 15 is 0 Å². The van der Waals surface area contributed by atoms with Gasteiger partial charge >= 0.3 is 0 Å². The molecular formula is C11H13F. The van der Waals surface area contributed by atoms with Crippen molar-refractivity contribution < 1.29 is 4.39 Å². The lowest BCUT2D eigenvalue weighted by Crippen LogP contribution is -1.94. The van der Waals surface area contributed by atoms with E-state index in [0.717, 1.165) is 19.3 Å². The maximum absolute atomic E-state index is 12.9. The molecule has 1 aliphatic rings. The number of hydrogen-bond acceptors (Lipinski definition) is 0. The smallest absolute Gasteiger partial charge is 0.101 e. The molecule has 1 fully saturated rings. The molecule has 2 unspecified atom stereocenters. The molecule has 1 saturated carbocycles. The third-order valence-electron chi connectivity index (χ3n) is 2.64. The summed E-state index contributed by atoms with van der Waals surface area (Å²) in [4.78, 5) is 0. The van der Waals surface area contributed by atoms with Gasteiger partial charge in [-0.25, -0.2) is 4.39 Å². The van der Waals surface area contributed by atoms with Gasteiger partial charge in [0.05, 0.1) is 0 Å². The molecule has 0 N–H and O–H groups in total. The standard InChI is InChI=1S/C11H13F/c12-11-7-6-10(8-11)9-4-2-1-3-5-9/h1-5,10-11H,6-8H2. The van der Waals surface area contributed by atoms with Crippen molar-refractivity contribution in [2.75, 3.05) is 0 Å². The Morgan fingerprint density at radius 1 is 1.08 bits per heavy atom. The summed E-state index contributed by atoms with van der Waals surface area (Å²) in [5.74, 6) is 0.473. The van der Waals surface area contributed by atoms with Crippen LogP contribution in [0.1, 0.15) is 30.7 Å². The monoisotopic (exact) mass is 164 g/mol. The third kappa shape index (κ3) is 1.50. The first-order chi connectivity index (χ1) is 5.86. The zero-order valence-corrected chi connectivity index (χ0v) is 7.04. The molecule has 64 valence electrons. The van der Waals surface area contributed by atoms with Gasteiger partial charge in [0.15, 0.2) is 0 Å². The topological polar surface area (TPSA) is 0 Å². The van der Waals surface area contributed by atoms with Crippen LogP contribution >= 0.6 is 0 Å². The van der Waals surface area contributed by atoms with Crippen LogP contribution < -0.4 is 0 Å². The summed E-state index contributed by atoms with van der Waals surface area (Å²) in [5.41, 5.74) is 1.30. The Labute approximate surface area is 72.4 Å². The zero-order chi connectivity index (χ0) is 8.39. The van der Waals surface area contributed by atoms with Gasteiger partial charge in [0.25, 0.3) is 0 Å². The summed E-state index contributed by atoms with van der Waals surface area (Å²) in [6.45, 7) is 0. The maximum atomic E-state index is 12.9. The van der Waals surface area contributed by atoms with Crippen LogP contribution in [0.4, 0.5) is 4.39 Å². The number of rotatable bonds is 1. The Kier molecular flexibility index (Phi) is 2.11. The van der Waals surface area contributed by atoms with Gasteiger partial charge in [0, 0.05) is 0 Å². The van der Waals surface area contributed by atoms with Gasteiger partial charge in [-0.05, 0) is 30.7 Å². The number of alkyl halides is 1. The fraction of sp³-hybridized carbons (Fsp3) is 0.455. The quantitative estimate of drug-likeness (QED) is 0.597. The van der Waals surface area contributed by atoms with E-state index in [0.29, 0.717) is 5.92 Å². The van der Waals surface area contributed by atoms with Crippen molar-refractivity contribution in [3.63, 3.8) is 0 Å². The van der Waals surface area contributed by atoms with E-state index in [4.69, 9.17) is 0 Å². The number of benzene rings is 1. The highest BCUT2D eigenvalue weighted by atomic mass is 19.1. The van der Waals surface area contributed by atoms with Crippen molar-refractivity contribution in [3.8, 4) is 0 Å². The van der Waals surface area contributed by atoms with Crippen molar-refractivity contribution in [2.24, 2.45) is 0 Å². The first-order valence-corrected chi connectivity index (χ1v) is 4.55. The Morgan fingerprint density at radius 2 is 1.83 bits per heavy atom. The van der Waals surface area contributed by atoms with Gasteiger partial charge in [0.2, 0.25) is 0 Å². The highest BCUT2D eigenvalue weighted by Crippen LogP contribution is 2.35. The minimum atomic E-state index is -0.560. The molecule has 1 heteroatoms. The first kappa shape index (κ1) is 7.78. The molecule has 0 aromatic heterocycles. The lowest BCUT2D eigenvalue weighted by atomic mass is 9.98. The molecule has 0 amide bonds. The summed E-state index contributed by atoms with van der Waals surface area (Å²) < 4.78 is 12.9. The van der Waals surface area contributed by atoms with Gasteiger partial charge < -0.3 is 0 Å². The molecule has 0 heterocycles. The van der Waals surface area contributed by atoms with Crippen molar-refractivity contribution in [1.82, 2.24) is 0 Å². The third-order valence-corrected chi connectivity index (χ3v) is 2.64. The van der Waals surface area contributed by atoms with E-state index in [1.54, 1.807) is 0 Å². The average Bonchev–Trinajstić information content (AvgIpc) is 2.54. The van der Waals surface area contributed by atoms with Crippen LogP contribution in [0.5, 0.6) is 0 Å². The van der Waals surface area contributed by atoms with Gasteiger partial charge in [-0.3, -0.25) is 0 Å². The molecule has 1 aromatic carbocycles. The lowest BCUT2D eigenvalue weighted by molar-refractivity contribution is 0.339. The number of hydrogen-bond donors (Lipinski definition) is 0. The summed E-state index contributed by atoms with van der Waals surface area (Å²) in [6.07, 6.45) is 1.93. The van der Waals surface area contributed by atoms with Gasteiger partial charge in [0.1, 0.15) is 6.17 Å². The van der Waals surface area contributed by atoms with E-state index in [9.17, 15) is 4.39 Å². The number of halogens is 1. The van der Waals surface area contributed by atoms with E-state index < -0.39 is 6.17 Å². The van der Waals surface area contributed by atoms with Crippen LogP contribution in [0.2, 0.25) is 0 Å². The molecule has 0 spiro atoms. The molecule has 1 aromatic rings. The minimum Gasteiger partial charge on any atom is -0.247 e. The van der Waals surface area contributed by atoms with Crippen LogP contribution in [0.3, 0.4) is 0 Å². The summed E-state index contributed by atoms with van der Waals surface area (Å²) in [6, 6.07) is 10.3. The minimum absolute atomic E-state index is 0.473. The molecule has 2 rings (SSSR count). The maximum Gasteiger partial charge on any atom is 0.101 e. The normalized spacial score (nSPS) is 29.1. The van der Waals surface area contributed by atoms with E-state index in [1.807, 2.05) is 18.2 Å².